The number of methoxy groups -OCH3 is 1. The van der Waals surface area contributed by atoms with E-state index >= 15 is 0 Å². The summed E-state index contributed by atoms with van der Waals surface area (Å²) in [7, 11) is 1.60. The van der Waals surface area contributed by atoms with Crippen LogP contribution in [0, 0.1) is 0 Å². The van der Waals surface area contributed by atoms with Gasteiger partial charge in [0.25, 0.3) is 0 Å². The highest BCUT2D eigenvalue weighted by Crippen LogP contribution is 2.15. The quantitative estimate of drug-likeness (QED) is 0.676. The summed E-state index contributed by atoms with van der Waals surface area (Å²) < 4.78 is 10.3. The number of nitrogens with one attached hydrogen (secondary N) is 1. The fourth-order valence-electron chi connectivity index (χ4n) is 1.79. The van der Waals surface area contributed by atoms with Crippen LogP contribution < -0.4 is 5.32 Å². The zero-order chi connectivity index (χ0) is 10.4. The van der Waals surface area contributed by atoms with Crippen LogP contribution >= 0.6 is 0 Å². The minimum absolute atomic E-state index is 0.0826. The summed E-state index contributed by atoms with van der Waals surface area (Å²) in [6.45, 7) is 2.35. The minimum Gasteiger partial charge on any atom is -0.359 e. The van der Waals surface area contributed by atoms with Gasteiger partial charge < -0.3 is 14.8 Å². The SMILES string of the molecule is CC[C@H](OCOC)[C@H]1CCCC(=O)N1. The molecule has 2 atom stereocenters. The Hall–Kier alpha value is -0.610. The standard InChI is InChI=1S/C10H19NO3/c1-3-9(14-7-13-2)8-5-4-6-10(12)11-8/h8-9H,3-7H2,1-2H3,(H,11,12)/t8-,9+/m1/s1. The number of ether oxygens (including phenoxy) is 2. The summed E-state index contributed by atoms with van der Waals surface area (Å²) in [6.07, 6.45) is 3.60. The first kappa shape index (κ1) is 11.5. The maximum absolute atomic E-state index is 11.2. The molecule has 1 aliphatic rings. The number of rotatable bonds is 5. The monoisotopic (exact) mass is 201 g/mol. The molecule has 1 heterocycles. The second-order valence-electron chi connectivity index (χ2n) is 3.59. The fraction of sp³-hybridized carbons (Fsp3) is 0.900. The maximum atomic E-state index is 11.2. The second kappa shape index (κ2) is 5.98. The number of amides is 1. The van der Waals surface area contributed by atoms with Crippen LogP contribution in [-0.2, 0) is 14.3 Å². The Balaban J connectivity index is 2.38. The molecule has 82 valence electrons. The molecule has 0 unspecified atom stereocenters. The van der Waals surface area contributed by atoms with Gasteiger partial charge in [-0.15, -0.1) is 0 Å². The third kappa shape index (κ3) is 3.27. The van der Waals surface area contributed by atoms with Gasteiger partial charge >= 0.3 is 0 Å². The predicted molar refractivity (Wildman–Crippen MR) is 52.8 cm³/mol. The second-order valence-corrected chi connectivity index (χ2v) is 3.59. The van der Waals surface area contributed by atoms with E-state index in [0.717, 1.165) is 19.3 Å². The van der Waals surface area contributed by atoms with Crippen LogP contribution in [0.25, 0.3) is 0 Å². The normalized spacial score (nSPS) is 24.4. The van der Waals surface area contributed by atoms with Crippen LogP contribution in [0.4, 0.5) is 0 Å². The molecular weight excluding hydrogens is 182 g/mol. The lowest BCUT2D eigenvalue weighted by atomic mass is 9.98. The third-order valence-corrected chi connectivity index (χ3v) is 2.52. The number of hydrogen-bond acceptors (Lipinski definition) is 3. The average molecular weight is 201 g/mol. The molecule has 1 saturated heterocycles. The Morgan fingerprint density at radius 1 is 1.64 bits per heavy atom. The summed E-state index contributed by atoms with van der Waals surface area (Å²) in [5.74, 6) is 0.140. The van der Waals surface area contributed by atoms with E-state index in [1.807, 2.05) is 0 Å². The molecule has 1 fully saturated rings. The number of carbonyl (C=O) groups is 1. The molecule has 0 aromatic heterocycles. The Bertz CT molecular complexity index is 184. The van der Waals surface area contributed by atoms with Crippen molar-refractivity contribution in [1.82, 2.24) is 5.32 Å². The van der Waals surface area contributed by atoms with Gasteiger partial charge in [0.15, 0.2) is 0 Å². The molecule has 1 rings (SSSR count). The lowest BCUT2D eigenvalue weighted by Crippen LogP contribution is -2.47. The molecule has 0 saturated carbocycles. The zero-order valence-corrected chi connectivity index (χ0v) is 8.91. The average Bonchev–Trinajstić information content (AvgIpc) is 2.19. The Labute approximate surface area is 85.0 Å². The van der Waals surface area contributed by atoms with Crippen molar-refractivity contribution >= 4 is 5.91 Å². The van der Waals surface area contributed by atoms with Gasteiger partial charge in [0.1, 0.15) is 6.79 Å². The summed E-state index contributed by atoms with van der Waals surface area (Å²) in [5, 5.41) is 2.96. The molecule has 14 heavy (non-hydrogen) atoms. The molecule has 1 N–H and O–H groups in total. The van der Waals surface area contributed by atoms with Crippen molar-refractivity contribution in [1.29, 1.82) is 0 Å². The highest BCUT2D eigenvalue weighted by Gasteiger charge is 2.25. The van der Waals surface area contributed by atoms with E-state index in [1.165, 1.54) is 0 Å². The van der Waals surface area contributed by atoms with Gasteiger partial charge in [-0.2, -0.15) is 0 Å². The van der Waals surface area contributed by atoms with Gasteiger partial charge in [-0.3, -0.25) is 4.79 Å². The van der Waals surface area contributed by atoms with Crippen LogP contribution in [0.5, 0.6) is 0 Å². The predicted octanol–water partition coefficient (Wildman–Crippen LogP) is 1.05. The van der Waals surface area contributed by atoms with Gasteiger partial charge in [-0.25, -0.2) is 0 Å². The molecule has 0 radical (unpaired) electrons. The maximum Gasteiger partial charge on any atom is 0.220 e. The smallest absolute Gasteiger partial charge is 0.220 e. The van der Waals surface area contributed by atoms with E-state index in [1.54, 1.807) is 7.11 Å². The van der Waals surface area contributed by atoms with Crippen molar-refractivity contribution in [2.45, 2.75) is 44.8 Å². The first-order valence-corrected chi connectivity index (χ1v) is 5.17. The van der Waals surface area contributed by atoms with Crippen LogP contribution in [-0.4, -0.2) is 32.0 Å². The van der Waals surface area contributed by atoms with Crippen molar-refractivity contribution in [2.75, 3.05) is 13.9 Å². The van der Waals surface area contributed by atoms with Crippen LogP contribution in [0.3, 0.4) is 0 Å². The Morgan fingerprint density at radius 3 is 3.00 bits per heavy atom. The lowest BCUT2D eigenvalue weighted by Gasteiger charge is -2.30. The molecule has 0 aliphatic carbocycles. The third-order valence-electron chi connectivity index (χ3n) is 2.52. The highest BCUT2D eigenvalue weighted by molar-refractivity contribution is 5.77. The summed E-state index contributed by atoms with van der Waals surface area (Å²) in [4.78, 5) is 11.2. The zero-order valence-electron chi connectivity index (χ0n) is 8.91. The Morgan fingerprint density at radius 2 is 2.43 bits per heavy atom. The lowest BCUT2D eigenvalue weighted by molar-refractivity contribution is -0.128. The molecule has 4 heteroatoms. The molecule has 1 aliphatic heterocycles. The number of carbonyl (C=O) groups excluding carboxylic acids is 1. The first-order chi connectivity index (χ1) is 6.77. The van der Waals surface area contributed by atoms with Gasteiger partial charge in [0, 0.05) is 13.5 Å². The van der Waals surface area contributed by atoms with Crippen molar-refractivity contribution in [3.63, 3.8) is 0 Å². The minimum atomic E-state index is 0.0826. The van der Waals surface area contributed by atoms with Gasteiger partial charge in [0.2, 0.25) is 5.91 Å². The van der Waals surface area contributed by atoms with Crippen molar-refractivity contribution < 1.29 is 14.3 Å². The van der Waals surface area contributed by atoms with E-state index in [4.69, 9.17) is 9.47 Å². The highest BCUT2D eigenvalue weighted by atomic mass is 16.7. The van der Waals surface area contributed by atoms with Crippen LogP contribution in [0.2, 0.25) is 0 Å². The summed E-state index contributed by atoms with van der Waals surface area (Å²) >= 11 is 0. The Kier molecular flexibility index (Phi) is 4.90. The molecular formula is C10H19NO3. The molecule has 1 amide bonds. The fourth-order valence-corrected chi connectivity index (χ4v) is 1.79. The number of hydrogen-bond donors (Lipinski definition) is 1. The molecule has 0 aromatic rings. The van der Waals surface area contributed by atoms with E-state index in [-0.39, 0.29) is 18.1 Å². The van der Waals surface area contributed by atoms with Crippen molar-refractivity contribution in [2.24, 2.45) is 0 Å². The molecule has 0 aromatic carbocycles. The summed E-state index contributed by atoms with van der Waals surface area (Å²) in [5.41, 5.74) is 0. The van der Waals surface area contributed by atoms with Gasteiger partial charge in [-0.05, 0) is 19.3 Å². The number of piperidine rings is 1. The van der Waals surface area contributed by atoms with E-state index in [2.05, 4.69) is 12.2 Å². The van der Waals surface area contributed by atoms with Crippen LogP contribution in [0.1, 0.15) is 32.6 Å². The first-order valence-electron chi connectivity index (χ1n) is 5.17. The topological polar surface area (TPSA) is 47.6 Å². The van der Waals surface area contributed by atoms with Gasteiger partial charge in [-0.1, -0.05) is 6.92 Å². The van der Waals surface area contributed by atoms with E-state index in [9.17, 15) is 4.79 Å². The molecule has 0 bridgehead atoms. The van der Waals surface area contributed by atoms with Crippen molar-refractivity contribution in [3.05, 3.63) is 0 Å². The van der Waals surface area contributed by atoms with Crippen molar-refractivity contribution in [3.8, 4) is 0 Å². The van der Waals surface area contributed by atoms with Gasteiger partial charge in [0.05, 0.1) is 12.1 Å². The van der Waals surface area contributed by atoms with E-state index in [0.29, 0.717) is 13.2 Å². The van der Waals surface area contributed by atoms with Crippen LogP contribution in [0.15, 0.2) is 0 Å². The van der Waals surface area contributed by atoms with E-state index < -0.39 is 0 Å². The summed E-state index contributed by atoms with van der Waals surface area (Å²) in [6, 6.07) is 0.163. The molecule has 0 spiro atoms. The molecule has 4 nitrogen and oxygen atoms in total. The largest absolute Gasteiger partial charge is 0.359 e.